The van der Waals surface area contributed by atoms with Crippen LogP contribution in [0.2, 0.25) is 0 Å². The minimum absolute atomic E-state index is 0.126. The molecule has 0 aliphatic rings. The number of rotatable bonds is 8. The van der Waals surface area contributed by atoms with Gasteiger partial charge in [0.15, 0.2) is 0 Å². The molecule has 2 amide bonds. The van der Waals surface area contributed by atoms with Crippen molar-refractivity contribution in [1.29, 1.82) is 0 Å². The van der Waals surface area contributed by atoms with E-state index in [0.717, 1.165) is 21.6 Å². The maximum absolute atomic E-state index is 12.7. The molecule has 0 aliphatic carbocycles. The number of hydrogen-bond acceptors (Lipinski definition) is 6. The number of carboxylic acid groups (broad SMARTS) is 1. The van der Waals surface area contributed by atoms with E-state index in [1.807, 2.05) is 57.2 Å². The van der Waals surface area contributed by atoms with E-state index in [2.05, 4.69) is 25.3 Å². The third kappa shape index (κ3) is 6.02. The average Bonchev–Trinajstić information content (AvgIpc) is 3.46. The van der Waals surface area contributed by atoms with E-state index in [4.69, 9.17) is 0 Å². The van der Waals surface area contributed by atoms with Gasteiger partial charge in [-0.15, -0.1) is 11.3 Å². The molecule has 0 radical (unpaired) electrons. The van der Waals surface area contributed by atoms with Gasteiger partial charge in [0.05, 0.1) is 22.6 Å². The number of H-pyrrole nitrogens is 1. The molecule has 0 fully saturated rings. The predicted octanol–water partition coefficient (Wildman–Crippen LogP) is 4.65. The van der Waals surface area contributed by atoms with Crippen LogP contribution in [-0.4, -0.2) is 48.5 Å². The smallest absolute Gasteiger partial charge is 0.407 e. The summed E-state index contributed by atoms with van der Waals surface area (Å²) in [6.45, 7) is 6.86. The van der Waals surface area contributed by atoms with Crippen LogP contribution >= 0.6 is 11.3 Å². The number of para-hydroxylation sites is 2. The Hall–Kier alpha value is -3.79. The number of nitrogens with one attached hydrogen (secondary N) is 2. The largest absolute Gasteiger partial charge is 0.465 e. The summed E-state index contributed by atoms with van der Waals surface area (Å²) in [6.07, 6.45) is 2.32. The summed E-state index contributed by atoms with van der Waals surface area (Å²) in [6, 6.07) is 11.3. The van der Waals surface area contributed by atoms with Crippen molar-refractivity contribution in [2.45, 2.75) is 39.8 Å². The lowest BCUT2D eigenvalue weighted by atomic mass is 9.80. The van der Waals surface area contributed by atoms with Crippen LogP contribution in [0.1, 0.15) is 53.6 Å². The van der Waals surface area contributed by atoms with E-state index in [9.17, 15) is 14.7 Å². The number of amides is 2. The Morgan fingerprint density at radius 1 is 1.14 bits per heavy atom. The van der Waals surface area contributed by atoms with Crippen molar-refractivity contribution >= 4 is 34.4 Å². The summed E-state index contributed by atoms with van der Waals surface area (Å²) in [7, 11) is 0. The van der Waals surface area contributed by atoms with Crippen molar-refractivity contribution in [2.75, 3.05) is 6.54 Å². The molecular weight excluding hydrogens is 464 g/mol. The average molecular weight is 493 g/mol. The lowest BCUT2D eigenvalue weighted by Gasteiger charge is -2.32. The SMILES string of the molecule is CC(C)(C)C(CN(Cc1nc2ccccc2[nH]1)C(=O)O)c1nc(C(=O)NCc2ccncc2)cs1. The third-order valence-corrected chi connectivity index (χ3v) is 6.71. The third-order valence-electron chi connectivity index (χ3n) is 5.75. The van der Waals surface area contributed by atoms with Gasteiger partial charge >= 0.3 is 6.09 Å². The molecule has 0 spiro atoms. The number of hydrogen-bond donors (Lipinski definition) is 3. The van der Waals surface area contributed by atoms with Crippen LogP contribution in [0.4, 0.5) is 4.79 Å². The Morgan fingerprint density at radius 3 is 2.57 bits per heavy atom. The molecule has 35 heavy (non-hydrogen) atoms. The second-order valence-electron chi connectivity index (χ2n) is 9.39. The van der Waals surface area contributed by atoms with Gasteiger partial charge in [0.2, 0.25) is 0 Å². The van der Waals surface area contributed by atoms with Gasteiger partial charge in [0.25, 0.3) is 5.91 Å². The molecule has 3 aromatic heterocycles. The van der Waals surface area contributed by atoms with E-state index in [0.29, 0.717) is 18.1 Å². The molecule has 10 heteroatoms. The van der Waals surface area contributed by atoms with Crippen LogP contribution in [0.25, 0.3) is 11.0 Å². The van der Waals surface area contributed by atoms with Gasteiger partial charge in [0.1, 0.15) is 11.5 Å². The Labute approximate surface area is 207 Å². The molecule has 4 aromatic rings. The Kier molecular flexibility index (Phi) is 7.11. The van der Waals surface area contributed by atoms with Crippen molar-refractivity contribution < 1.29 is 14.7 Å². The number of carbonyl (C=O) groups excluding carboxylic acids is 1. The zero-order valence-corrected chi connectivity index (χ0v) is 20.7. The van der Waals surface area contributed by atoms with Crippen molar-refractivity contribution in [3.05, 3.63) is 76.3 Å². The number of thiazole rings is 1. The Balaban J connectivity index is 1.49. The molecule has 0 bridgehead atoms. The van der Waals surface area contributed by atoms with Gasteiger partial charge < -0.3 is 20.3 Å². The molecule has 1 atom stereocenters. The molecule has 1 unspecified atom stereocenters. The van der Waals surface area contributed by atoms with Crippen LogP contribution in [0, 0.1) is 5.41 Å². The first-order valence-corrected chi connectivity index (χ1v) is 12.1. The summed E-state index contributed by atoms with van der Waals surface area (Å²) in [4.78, 5) is 42.4. The molecular formula is C25H28N6O3S. The summed E-state index contributed by atoms with van der Waals surface area (Å²) >= 11 is 1.37. The maximum Gasteiger partial charge on any atom is 0.407 e. The number of fused-ring (bicyclic) bond motifs is 1. The van der Waals surface area contributed by atoms with Gasteiger partial charge in [0, 0.05) is 36.8 Å². The van der Waals surface area contributed by atoms with Crippen LogP contribution < -0.4 is 5.32 Å². The fourth-order valence-electron chi connectivity index (χ4n) is 3.74. The van der Waals surface area contributed by atoms with Crippen LogP contribution in [0.3, 0.4) is 0 Å². The molecule has 3 heterocycles. The highest BCUT2D eigenvalue weighted by Gasteiger charge is 2.33. The molecule has 3 N–H and O–H groups in total. The normalized spacial score (nSPS) is 12.4. The lowest BCUT2D eigenvalue weighted by molar-refractivity contribution is 0.0945. The molecule has 0 saturated carbocycles. The quantitative estimate of drug-likeness (QED) is 0.329. The van der Waals surface area contributed by atoms with Gasteiger partial charge in [-0.05, 0) is 35.2 Å². The van der Waals surface area contributed by atoms with Gasteiger partial charge in [-0.3, -0.25) is 9.78 Å². The number of benzene rings is 1. The number of carbonyl (C=O) groups is 2. The van der Waals surface area contributed by atoms with Gasteiger partial charge in [-0.25, -0.2) is 14.8 Å². The zero-order valence-electron chi connectivity index (χ0n) is 19.9. The van der Waals surface area contributed by atoms with Crippen molar-refractivity contribution in [2.24, 2.45) is 5.41 Å². The molecule has 182 valence electrons. The van der Waals surface area contributed by atoms with Crippen LogP contribution in [-0.2, 0) is 13.1 Å². The first kappa shape index (κ1) is 24.3. The molecule has 0 aliphatic heterocycles. The Morgan fingerprint density at radius 2 is 1.89 bits per heavy atom. The fraction of sp³-hybridized carbons (Fsp3) is 0.320. The second-order valence-corrected chi connectivity index (χ2v) is 10.3. The predicted molar refractivity (Wildman–Crippen MR) is 134 cm³/mol. The molecule has 0 saturated heterocycles. The van der Waals surface area contributed by atoms with Crippen LogP contribution in [0.5, 0.6) is 0 Å². The number of imidazole rings is 1. The maximum atomic E-state index is 12.7. The topological polar surface area (TPSA) is 124 Å². The van der Waals surface area contributed by atoms with E-state index in [1.165, 1.54) is 16.2 Å². The number of nitrogens with zero attached hydrogens (tertiary/aromatic N) is 4. The fourth-order valence-corrected chi connectivity index (χ4v) is 4.88. The van der Waals surface area contributed by atoms with E-state index in [1.54, 1.807) is 17.8 Å². The minimum atomic E-state index is -1.04. The van der Waals surface area contributed by atoms with E-state index in [-0.39, 0.29) is 30.3 Å². The first-order chi connectivity index (χ1) is 16.7. The monoisotopic (exact) mass is 492 g/mol. The standard InChI is InChI=1S/C25H28N6O3S/c1-25(2,3)17(13-31(24(33)34)14-21-28-18-6-4-5-7-19(18)29-21)23-30-20(15-35-23)22(32)27-12-16-8-10-26-11-9-16/h4-11,15,17H,12-14H2,1-3H3,(H,27,32)(H,28,29)(H,33,34). The highest BCUT2D eigenvalue weighted by atomic mass is 32.1. The van der Waals surface area contributed by atoms with E-state index < -0.39 is 6.09 Å². The van der Waals surface area contributed by atoms with Gasteiger partial charge in [-0.1, -0.05) is 32.9 Å². The Bertz CT molecular complexity index is 1280. The summed E-state index contributed by atoms with van der Waals surface area (Å²) < 4.78 is 0. The summed E-state index contributed by atoms with van der Waals surface area (Å²) in [5, 5.41) is 15.3. The van der Waals surface area contributed by atoms with Crippen molar-refractivity contribution in [3.8, 4) is 0 Å². The zero-order chi connectivity index (χ0) is 25.0. The van der Waals surface area contributed by atoms with Crippen LogP contribution in [0.15, 0.2) is 54.2 Å². The molecule has 1 aromatic carbocycles. The number of aromatic nitrogens is 4. The van der Waals surface area contributed by atoms with Gasteiger partial charge in [-0.2, -0.15) is 0 Å². The first-order valence-electron chi connectivity index (χ1n) is 11.2. The highest BCUT2D eigenvalue weighted by Crippen LogP contribution is 2.37. The molecule has 4 rings (SSSR count). The lowest BCUT2D eigenvalue weighted by Crippen LogP contribution is -2.37. The molecule has 9 nitrogen and oxygen atoms in total. The highest BCUT2D eigenvalue weighted by molar-refractivity contribution is 7.10. The summed E-state index contributed by atoms with van der Waals surface area (Å²) in [5.41, 5.74) is 2.64. The number of aromatic amines is 1. The van der Waals surface area contributed by atoms with Crippen molar-refractivity contribution in [1.82, 2.24) is 30.2 Å². The minimum Gasteiger partial charge on any atom is -0.465 e. The number of pyridine rings is 1. The summed E-state index contributed by atoms with van der Waals surface area (Å²) in [5.74, 6) is 0.0978. The second kappa shape index (κ2) is 10.2. The van der Waals surface area contributed by atoms with E-state index >= 15 is 0 Å². The van der Waals surface area contributed by atoms with Crippen molar-refractivity contribution in [3.63, 3.8) is 0 Å².